The summed E-state index contributed by atoms with van der Waals surface area (Å²) in [7, 11) is 0. The topological polar surface area (TPSA) is 23.8 Å². The molecule has 0 N–H and O–H groups in total. The molecule has 0 unspecified atom stereocenters. The first kappa shape index (κ1) is 11.8. The van der Waals surface area contributed by atoms with Crippen molar-refractivity contribution in [1.82, 2.24) is 0 Å². The molecule has 0 aliphatic rings. The third kappa shape index (κ3) is 31.4. The van der Waals surface area contributed by atoms with Crippen LogP contribution in [0, 0.1) is 11.3 Å². The normalized spacial score (nSPS) is 6.11. The summed E-state index contributed by atoms with van der Waals surface area (Å²) >= 11 is 14.8. The Morgan fingerprint density at radius 3 is 1.89 bits per heavy atom. The van der Waals surface area contributed by atoms with Crippen molar-refractivity contribution in [3.8, 4) is 6.07 Å². The highest BCUT2D eigenvalue weighted by molar-refractivity contribution is 6.58. The maximum atomic E-state index is 7.62. The second-order valence-electron chi connectivity index (χ2n) is 0.910. The summed E-state index contributed by atoms with van der Waals surface area (Å²) in [5.74, 6) is 0. The largest absolute Gasteiger partial charge is 0.198 e. The highest BCUT2D eigenvalue weighted by Gasteiger charge is 1.70. The number of halogens is 3. The zero-order valence-corrected chi connectivity index (χ0v) is 7.13. The fourth-order valence-corrected chi connectivity index (χ4v) is 0. The monoisotopic (exact) mass is 185 g/mol. The molecule has 0 bridgehead atoms. The van der Waals surface area contributed by atoms with E-state index < -0.39 is 0 Å². The lowest BCUT2D eigenvalue weighted by atomic mass is 10.6. The molecule has 4 heteroatoms. The molecule has 0 rings (SSSR count). The van der Waals surface area contributed by atoms with E-state index in [-0.39, 0.29) is 4.49 Å². The van der Waals surface area contributed by atoms with Gasteiger partial charge in [0.2, 0.25) is 0 Å². The molecule has 0 saturated carbocycles. The van der Waals surface area contributed by atoms with Crippen LogP contribution in [0.4, 0.5) is 0 Å². The van der Waals surface area contributed by atoms with E-state index in [1.807, 2.05) is 13.0 Å². The number of hydrogen-bond acceptors (Lipinski definition) is 1. The van der Waals surface area contributed by atoms with Gasteiger partial charge in [-0.3, -0.25) is 0 Å². The van der Waals surface area contributed by atoms with Crippen LogP contribution in [0.25, 0.3) is 0 Å². The average Bonchev–Trinajstić information content (AvgIpc) is 1.89. The van der Waals surface area contributed by atoms with Gasteiger partial charge in [0.05, 0.1) is 6.07 Å². The van der Waals surface area contributed by atoms with Crippen molar-refractivity contribution in [3.05, 3.63) is 10.0 Å². The van der Waals surface area contributed by atoms with E-state index >= 15 is 0 Å². The van der Waals surface area contributed by atoms with Crippen LogP contribution in [0.3, 0.4) is 0 Å². The Labute approximate surface area is 69.8 Å². The van der Waals surface area contributed by atoms with Gasteiger partial charge >= 0.3 is 0 Å². The lowest BCUT2D eigenvalue weighted by molar-refractivity contribution is 1.22. The molecule has 9 heavy (non-hydrogen) atoms. The Balaban J connectivity index is 0. The van der Waals surface area contributed by atoms with Crippen molar-refractivity contribution in [1.29, 1.82) is 5.26 Å². The molecule has 1 nitrogen and oxygen atoms in total. The van der Waals surface area contributed by atoms with Gasteiger partial charge < -0.3 is 0 Å². The molecule has 0 spiro atoms. The van der Waals surface area contributed by atoms with Crippen LogP contribution in [-0.4, -0.2) is 0 Å². The lowest BCUT2D eigenvalue weighted by Crippen LogP contribution is -1.38. The fourth-order valence-electron chi connectivity index (χ4n) is 0. The summed E-state index contributed by atoms with van der Waals surface area (Å²) in [6, 6.07) is 1.93. The summed E-state index contributed by atoms with van der Waals surface area (Å²) in [5.41, 5.74) is 1.09. The van der Waals surface area contributed by atoms with Crippen LogP contribution in [0.1, 0.15) is 13.3 Å². The molecule has 0 amide bonds. The van der Waals surface area contributed by atoms with Crippen LogP contribution in [0.5, 0.6) is 0 Å². The Morgan fingerprint density at radius 1 is 1.67 bits per heavy atom. The summed E-state index contributed by atoms with van der Waals surface area (Å²) in [4.78, 5) is 0. The fraction of sp³-hybridized carbons (Fsp3) is 0.400. The standard InChI is InChI=1S/C3H5N.C2HCl3/c1-2-3-4;3-1-2(4)5/h2H2,1H3;1H. The van der Waals surface area contributed by atoms with Crippen LogP contribution in [0.2, 0.25) is 0 Å². The van der Waals surface area contributed by atoms with E-state index in [2.05, 4.69) is 0 Å². The van der Waals surface area contributed by atoms with Gasteiger partial charge in [0, 0.05) is 12.0 Å². The average molecular weight is 186 g/mol. The van der Waals surface area contributed by atoms with Gasteiger partial charge in [-0.1, -0.05) is 41.7 Å². The van der Waals surface area contributed by atoms with Gasteiger partial charge in [-0.05, 0) is 0 Å². The van der Waals surface area contributed by atoms with E-state index in [0.29, 0.717) is 6.42 Å². The predicted octanol–water partition coefficient (Wildman–Crippen LogP) is 3.42. The number of nitrogens with zero attached hydrogens (tertiary/aromatic N) is 1. The molecule has 0 saturated heterocycles. The van der Waals surface area contributed by atoms with Gasteiger partial charge in [0.15, 0.2) is 0 Å². The molecule has 52 valence electrons. The van der Waals surface area contributed by atoms with Crippen molar-refractivity contribution in [2.45, 2.75) is 13.3 Å². The molecule has 0 aromatic carbocycles. The van der Waals surface area contributed by atoms with Crippen LogP contribution >= 0.6 is 34.8 Å². The number of hydrogen-bond donors (Lipinski definition) is 0. The summed E-state index contributed by atoms with van der Waals surface area (Å²) in [6.07, 6.45) is 0.625. The van der Waals surface area contributed by atoms with E-state index in [1.165, 1.54) is 0 Å². The molecule has 0 aliphatic heterocycles. The summed E-state index contributed by atoms with van der Waals surface area (Å²) < 4.78 is 0.0895. The first-order valence-electron chi connectivity index (χ1n) is 2.17. The molecule has 0 heterocycles. The zero-order valence-electron chi connectivity index (χ0n) is 4.87. The van der Waals surface area contributed by atoms with Crippen molar-refractivity contribution in [3.63, 3.8) is 0 Å². The van der Waals surface area contributed by atoms with Crippen LogP contribution in [0.15, 0.2) is 10.0 Å². The minimum absolute atomic E-state index is 0.0895. The van der Waals surface area contributed by atoms with Gasteiger partial charge in [-0.2, -0.15) is 5.26 Å². The second-order valence-corrected chi connectivity index (χ2v) is 2.14. The van der Waals surface area contributed by atoms with E-state index in [9.17, 15) is 0 Å². The predicted molar refractivity (Wildman–Crippen MR) is 41.5 cm³/mol. The van der Waals surface area contributed by atoms with Gasteiger partial charge in [-0.15, -0.1) is 0 Å². The van der Waals surface area contributed by atoms with Gasteiger partial charge in [0.1, 0.15) is 4.49 Å². The third-order valence-corrected chi connectivity index (χ3v) is 0.900. The second kappa shape index (κ2) is 11.0. The molecule has 0 radical (unpaired) electrons. The minimum Gasteiger partial charge on any atom is -0.198 e. The first-order chi connectivity index (χ1) is 4.18. The Bertz CT molecular complexity index is 110. The maximum Gasteiger partial charge on any atom is 0.118 e. The molecule has 0 aromatic heterocycles. The zero-order chi connectivity index (χ0) is 7.70. The van der Waals surface area contributed by atoms with Crippen molar-refractivity contribution >= 4 is 34.8 Å². The SMILES string of the molecule is CCC#N.ClC=C(Cl)Cl. The van der Waals surface area contributed by atoms with Crippen LogP contribution in [-0.2, 0) is 0 Å². The Kier molecular flexibility index (Phi) is 14.4. The maximum absolute atomic E-state index is 7.62. The van der Waals surface area contributed by atoms with Crippen LogP contribution < -0.4 is 0 Å². The minimum atomic E-state index is 0.0895. The number of rotatable bonds is 0. The van der Waals surface area contributed by atoms with Gasteiger partial charge in [0.25, 0.3) is 0 Å². The molecule has 0 atom stereocenters. The molecular formula is C5H6Cl3N. The Hall–Kier alpha value is 0.1000. The Morgan fingerprint density at radius 2 is 1.89 bits per heavy atom. The van der Waals surface area contributed by atoms with E-state index in [4.69, 9.17) is 40.1 Å². The van der Waals surface area contributed by atoms with Crippen molar-refractivity contribution in [2.75, 3.05) is 0 Å². The molecular weight excluding hydrogens is 180 g/mol. The van der Waals surface area contributed by atoms with Crippen molar-refractivity contribution in [2.24, 2.45) is 0 Å². The smallest absolute Gasteiger partial charge is 0.118 e. The molecule has 0 fully saturated rings. The highest BCUT2D eigenvalue weighted by Crippen LogP contribution is 2.05. The molecule has 0 aromatic rings. The first-order valence-corrected chi connectivity index (χ1v) is 3.36. The quantitative estimate of drug-likeness (QED) is 0.569. The lowest BCUT2D eigenvalue weighted by Gasteiger charge is -1.64. The number of nitriles is 1. The van der Waals surface area contributed by atoms with E-state index in [0.717, 1.165) is 5.54 Å². The summed E-state index contributed by atoms with van der Waals surface area (Å²) in [5, 5.41) is 7.62. The highest BCUT2D eigenvalue weighted by atomic mass is 35.5. The van der Waals surface area contributed by atoms with Crippen molar-refractivity contribution < 1.29 is 0 Å². The van der Waals surface area contributed by atoms with E-state index in [1.54, 1.807) is 0 Å². The summed E-state index contributed by atoms with van der Waals surface area (Å²) in [6.45, 7) is 1.82. The molecule has 0 aliphatic carbocycles. The third-order valence-electron chi connectivity index (χ3n) is 0.241. The van der Waals surface area contributed by atoms with Gasteiger partial charge in [-0.25, -0.2) is 0 Å².